The quantitative estimate of drug-likeness (QED) is 0.707. The summed E-state index contributed by atoms with van der Waals surface area (Å²) < 4.78 is 29.2. The minimum absolute atomic E-state index is 0.189. The third-order valence-corrected chi connectivity index (χ3v) is 4.57. The maximum atomic E-state index is 11.8. The Balaban J connectivity index is 2.48. The second-order valence-electron chi connectivity index (χ2n) is 4.39. The number of nitrogens with one attached hydrogen (secondary N) is 1. The van der Waals surface area contributed by atoms with Gasteiger partial charge in [-0.2, -0.15) is 0 Å². The van der Waals surface area contributed by atoms with E-state index in [1.807, 2.05) is 6.92 Å². The second-order valence-corrected chi connectivity index (χ2v) is 6.50. The van der Waals surface area contributed by atoms with Crippen LogP contribution in [0.4, 0.5) is 0 Å². The zero-order chi connectivity index (χ0) is 14.1. The fraction of sp³-hybridized carbons (Fsp3) is 0.571. The third-order valence-electron chi connectivity index (χ3n) is 2.63. The summed E-state index contributed by atoms with van der Waals surface area (Å²) in [5, 5.41) is 3.24. The second kappa shape index (κ2) is 8.17. The summed E-state index contributed by atoms with van der Waals surface area (Å²) in [5.74, 6) is 0.891. The summed E-state index contributed by atoms with van der Waals surface area (Å²) in [6.45, 7) is 6.34. The average molecular weight is 285 g/mol. The molecule has 0 fully saturated rings. The molecule has 1 rings (SSSR count). The molecule has 108 valence electrons. The normalized spacial score (nSPS) is 11.5. The third kappa shape index (κ3) is 5.61. The van der Waals surface area contributed by atoms with Crippen molar-refractivity contribution in [2.24, 2.45) is 0 Å². The highest BCUT2D eigenvalue weighted by molar-refractivity contribution is 7.91. The van der Waals surface area contributed by atoms with Gasteiger partial charge in [0.15, 0.2) is 9.84 Å². The van der Waals surface area contributed by atoms with Crippen LogP contribution in [0, 0.1) is 0 Å². The summed E-state index contributed by atoms with van der Waals surface area (Å²) in [6, 6.07) is 6.64. The SMILES string of the molecule is CCCNCCOc1ccc(S(=O)(=O)CCC)cc1. The van der Waals surface area contributed by atoms with Gasteiger partial charge in [0, 0.05) is 6.54 Å². The van der Waals surface area contributed by atoms with Crippen LogP contribution in [0.25, 0.3) is 0 Å². The van der Waals surface area contributed by atoms with E-state index in [1.54, 1.807) is 24.3 Å². The van der Waals surface area contributed by atoms with Gasteiger partial charge < -0.3 is 10.1 Å². The van der Waals surface area contributed by atoms with Gasteiger partial charge in [-0.1, -0.05) is 13.8 Å². The molecule has 5 heteroatoms. The fourth-order valence-electron chi connectivity index (χ4n) is 1.67. The van der Waals surface area contributed by atoms with E-state index in [2.05, 4.69) is 12.2 Å². The van der Waals surface area contributed by atoms with Crippen LogP contribution in [-0.2, 0) is 9.84 Å². The minimum atomic E-state index is -3.13. The first-order valence-corrected chi connectivity index (χ1v) is 8.41. The van der Waals surface area contributed by atoms with Crippen LogP contribution < -0.4 is 10.1 Å². The van der Waals surface area contributed by atoms with Gasteiger partial charge in [0.1, 0.15) is 12.4 Å². The summed E-state index contributed by atoms with van der Waals surface area (Å²) in [7, 11) is -3.13. The minimum Gasteiger partial charge on any atom is -0.492 e. The largest absolute Gasteiger partial charge is 0.492 e. The summed E-state index contributed by atoms with van der Waals surface area (Å²) >= 11 is 0. The number of sulfone groups is 1. The molecule has 0 aliphatic heterocycles. The van der Waals surface area contributed by atoms with Crippen molar-refractivity contribution in [2.75, 3.05) is 25.4 Å². The van der Waals surface area contributed by atoms with Crippen molar-refractivity contribution in [1.29, 1.82) is 0 Å². The van der Waals surface area contributed by atoms with Crippen LogP contribution in [-0.4, -0.2) is 33.9 Å². The van der Waals surface area contributed by atoms with E-state index in [0.717, 1.165) is 19.5 Å². The van der Waals surface area contributed by atoms with Gasteiger partial charge in [-0.3, -0.25) is 0 Å². The lowest BCUT2D eigenvalue weighted by molar-refractivity contribution is 0.314. The molecule has 1 aromatic carbocycles. The molecule has 0 saturated heterocycles. The van der Waals surface area contributed by atoms with Crippen LogP contribution in [0.15, 0.2) is 29.2 Å². The Labute approximate surface area is 116 Å². The van der Waals surface area contributed by atoms with Crippen molar-refractivity contribution >= 4 is 9.84 Å². The van der Waals surface area contributed by atoms with Gasteiger partial charge in [0.25, 0.3) is 0 Å². The van der Waals surface area contributed by atoms with E-state index in [-0.39, 0.29) is 5.75 Å². The molecule has 19 heavy (non-hydrogen) atoms. The van der Waals surface area contributed by atoms with Crippen molar-refractivity contribution in [3.8, 4) is 5.75 Å². The summed E-state index contributed by atoms with van der Waals surface area (Å²) in [4.78, 5) is 0.366. The molecule has 1 N–H and O–H groups in total. The van der Waals surface area contributed by atoms with Gasteiger partial charge in [-0.25, -0.2) is 8.42 Å². The van der Waals surface area contributed by atoms with E-state index in [1.165, 1.54) is 0 Å². The van der Waals surface area contributed by atoms with Crippen LogP contribution in [0.1, 0.15) is 26.7 Å². The van der Waals surface area contributed by atoms with Gasteiger partial charge in [-0.15, -0.1) is 0 Å². The average Bonchev–Trinajstić information content (AvgIpc) is 2.39. The topological polar surface area (TPSA) is 55.4 Å². The lowest BCUT2D eigenvalue weighted by Gasteiger charge is -2.08. The summed E-state index contributed by atoms with van der Waals surface area (Å²) in [6.07, 6.45) is 1.73. The molecule has 0 aromatic heterocycles. The molecule has 0 aliphatic carbocycles. The van der Waals surface area contributed by atoms with Crippen LogP contribution in [0.2, 0.25) is 0 Å². The Morgan fingerprint density at radius 1 is 1.05 bits per heavy atom. The van der Waals surface area contributed by atoms with E-state index < -0.39 is 9.84 Å². The molecule has 0 atom stereocenters. The maximum Gasteiger partial charge on any atom is 0.178 e. The number of rotatable bonds is 9. The molecule has 1 aromatic rings. The van der Waals surface area contributed by atoms with Crippen molar-refractivity contribution in [1.82, 2.24) is 5.32 Å². The highest BCUT2D eigenvalue weighted by atomic mass is 32.2. The molecular weight excluding hydrogens is 262 g/mol. The summed E-state index contributed by atoms with van der Waals surface area (Å²) in [5.41, 5.74) is 0. The van der Waals surface area contributed by atoms with E-state index >= 15 is 0 Å². The van der Waals surface area contributed by atoms with Crippen molar-refractivity contribution in [2.45, 2.75) is 31.6 Å². The first-order valence-electron chi connectivity index (χ1n) is 6.76. The monoisotopic (exact) mass is 285 g/mol. The first kappa shape index (κ1) is 16.0. The van der Waals surface area contributed by atoms with E-state index in [4.69, 9.17) is 4.74 Å². The van der Waals surface area contributed by atoms with Crippen molar-refractivity contribution in [3.05, 3.63) is 24.3 Å². The van der Waals surface area contributed by atoms with Crippen LogP contribution in [0.5, 0.6) is 5.75 Å². The molecule has 0 amide bonds. The van der Waals surface area contributed by atoms with Gasteiger partial charge in [-0.05, 0) is 43.7 Å². The predicted molar refractivity (Wildman–Crippen MR) is 77.4 cm³/mol. The molecule has 0 aliphatic rings. The van der Waals surface area contributed by atoms with E-state index in [9.17, 15) is 8.42 Å². The van der Waals surface area contributed by atoms with Gasteiger partial charge in [0.2, 0.25) is 0 Å². The molecule has 0 heterocycles. The zero-order valence-corrected chi connectivity index (χ0v) is 12.5. The van der Waals surface area contributed by atoms with Crippen molar-refractivity contribution < 1.29 is 13.2 Å². The molecule has 0 bridgehead atoms. The number of benzene rings is 1. The predicted octanol–water partition coefficient (Wildman–Crippen LogP) is 2.25. The Morgan fingerprint density at radius 3 is 2.32 bits per heavy atom. The molecular formula is C14H23NO3S. The smallest absolute Gasteiger partial charge is 0.178 e. The number of hydrogen-bond donors (Lipinski definition) is 1. The van der Waals surface area contributed by atoms with Crippen LogP contribution in [0.3, 0.4) is 0 Å². The maximum absolute atomic E-state index is 11.8. The van der Waals surface area contributed by atoms with Gasteiger partial charge >= 0.3 is 0 Å². The van der Waals surface area contributed by atoms with Crippen molar-refractivity contribution in [3.63, 3.8) is 0 Å². The molecule has 0 spiro atoms. The lowest BCUT2D eigenvalue weighted by Crippen LogP contribution is -2.21. The Kier molecular flexibility index (Phi) is 6.87. The molecule has 0 unspecified atom stereocenters. The molecule has 0 radical (unpaired) electrons. The molecule has 4 nitrogen and oxygen atoms in total. The number of ether oxygens (including phenoxy) is 1. The lowest BCUT2D eigenvalue weighted by atomic mass is 10.3. The molecule has 0 saturated carbocycles. The first-order chi connectivity index (χ1) is 9.10. The Hall–Kier alpha value is -1.07. The Morgan fingerprint density at radius 2 is 1.74 bits per heavy atom. The zero-order valence-electron chi connectivity index (χ0n) is 11.7. The standard InChI is InChI=1S/C14H23NO3S/c1-3-9-15-10-11-18-13-5-7-14(8-6-13)19(16,17)12-4-2/h5-8,15H,3-4,9-12H2,1-2H3. The van der Waals surface area contributed by atoms with Gasteiger partial charge in [0.05, 0.1) is 10.6 Å². The Bertz CT molecular complexity index is 454. The van der Waals surface area contributed by atoms with E-state index in [0.29, 0.717) is 23.7 Å². The fourth-order valence-corrected chi connectivity index (χ4v) is 3.00. The van der Waals surface area contributed by atoms with Crippen LogP contribution >= 0.6 is 0 Å². The highest BCUT2D eigenvalue weighted by Crippen LogP contribution is 2.17. The highest BCUT2D eigenvalue weighted by Gasteiger charge is 2.12. The number of hydrogen-bond acceptors (Lipinski definition) is 4.